The van der Waals surface area contributed by atoms with Crippen molar-refractivity contribution in [3.8, 4) is 0 Å². The third-order valence-corrected chi connectivity index (χ3v) is 8.23. The van der Waals surface area contributed by atoms with E-state index < -0.39 is 0 Å². The highest BCUT2D eigenvalue weighted by Gasteiger charge is 2.27. The Morgan fingerprint density at radius 3 is 2.56 bits per heavy atom. The minimum Gasteiger partial charge on any atom is -0.348 e. The fourth-order valence-corrected chi connectivity index (χ4v) is 6.19. The third kappa shape index (κ3) is 5.60. The van der Waals surface area contributed by atoms with Gasteiger partial charge in [0, 0.05) is 42.4 Å². The summed E-state index contributed by atoms with van der Waals surface area (Å²) < 4.78 is 2.38. The molecule has 1 aliphatic heterocycles. The predicted octanol–water partition coefficient (Wildman–Crippen LogP) is 5.24. The van der Waals surface area contributed by atoms with Crippen molar-refractivity contribution in [2.45, 2.75) is 90.1 Å². The van der Waals surface area contributed by atoms with E-state index in [1.165, 1.54) is 24.1 Å². The molecule has 2 aliphatic rings. The number of thiophene rings is 1. The summed E-state index contributed by atoms with van der Waals surface area (Å²) in [7, 11) is 0. The molecule has 0 bridgehead atoms. The van der Waals surface area contributed by atoms with Crippen LogP contribution in [0.25, 0.3) is 0 Å². The third-order valence-electron chi connectivity index (χ3n) is 7.24. The maximum absolute atomic E-state index is 12.9. The number of carbonyl (C=O) groups excluding carboxylic acids is 1. The maximum Gasteiger partial charge on any atom is 0.223 e. The van der Waals surface area contributed by atoms with Crippen LogP contribution in [0.5, 0.6) is 0 Å². The minimum atomic E-state index is 0.134. The van der Waals surface area contributed by atoms with Gasteiger partial charge in [-0.05, 0) is 50.5 Å². The number of hydrogen-bond acceptors (Lipinski definition) is 5. The van der Waals surface area contributed by atoms with Gasteiger partial charge in [0.05, 0.1) is 6.04 Å². The zero-order valence-electron chi connectivity index (χ0n) is 19.9. The molecule has 0 aromatic carbocycles. The van der Waals surface area contributed by atoms with E-state index in [2.05, 4.69) is 63.3 Å². The lowest BCUT2D eigenvalue weighted by atomic mass is 9.88. The molecule has 2 aromatic rings. The second-order valence-corrected chi connectivity index (χ2v) is 10.9. The van der Waals surface area contributed by atoms with Crippen LogP contribution in [0.1, 0.15) is 99.7 Å². The Labute approximate surface area is 196 Å². The van der Waals surface area contributed by atoms with Gasteiger partial charge >= 0.3 is 0 Å². The molecular weight excluding hydrogens is 418 g/mol. The lowest BCUT2D eigenvalue weighted by molar-refractivity contribution is -0.126. The predicted molar refractivity (Wildman–Crippen MR) is 130 cm³/mol. The largest absolute Gasteiger partial charge is 0.348 e. The average molecular weight is 458 g/mol. The molecule has 3 heterocycles. The summed E-state index contributed by atoms with van der Waals surface area (Å²) in [5, 5.41) is 14.3. The molecule has 0 spiro atoms. The molecule has 7 heteroatoms. The number of amides is 1. The number of likely N-dealkylation sites (tertiary alicyclic amines) is 1. The van der Waals surface area contributed by atoms with E-state index >= 15 is 0 Å². The summed E-state index contributed by atoms with van der Waals surface area (Å²) in [6, 6.07) is 4.90. The van der Waals surface area contributed by atoms with Gasteiger partial charge in [-0.25, -0.2) is 0 Å². The lowest BCUT2D eigenvalue weighted by Gasteiger charge is -2.34. The first-order valence-corrected chi connectivity index (χ1v) is 13.4. The normalized spacial score (nSPS) is 20.0. The van der Waals surface area contributed by atoms with Gasteiger partial charge in [0.1, 0.15) is 11.6 Å². The lowest BCUT2D eigenvalue weighted by Crippen LogP contribution is -2.39. The van der Waals surface area contributed by atoms with E-state index in [4.69, 9.17) is 0 Å². The standard InChI is InChI=1S/C25H39N5OS/c1-18(2)24-28-27-19(3)30(24)21-11-14-29(15-12-21)16-13-22(23-10-7-17-32-23)26-25(31)20-8-5-4-6-9-20/h7,10,17-18,20-22H,4-6,8-9,11-16H2,1-3H3,(H,26,31). The van der Waals surface area contributed by atoms with Gasteiger partial charge in [0.2, 0.25) is 5.91 Å². The molecular formula is C25H39N5OS. The van der Waals surface area contributed by atoms with E-state index in [-0.39, 0.29) is 17.9 Å². The van der Waals surface area contributed by atoms with E-state index in [0.29, 0.717) is 12.0 Å². The fraction of sp³-hybridized carbons (Fsp3) is 0.720. The van der Waals surface area contributed by atoms with Crippen molar-refractivity contribution < 1.29 is 4.79 Å². The quantitative estimate of drug-likeness (QED) is 0.589. The summed E-state index contributed by atoms with van der Waals surface area (Å²) in [5.41, 5.74) is 0. The van der Waals surface area contributed by atoms with Gasteiger partial charge in [-0.1, -0.05) is 39.2 Å². The van der Waals surface area contributed by atoms with Crippen LogP contribution in [0.2, 0.25) is 0 Å². The molecule has 1 saturated heterocycles. The van der Waals surface area contributed by atoms with Gasteiger partial charge in [-0.15, -0.1) is 21.5 Å². The Hall–Kier alpha value is -1.73. The van der Waals surface area contributed by atoms with E-state index in [1.54, 1.807) is 11.3 Å². The first-order valence-electron chi connectivity index (χ1n) is 12.5. The fourth-order valence-electron chi connectivity index (χ4n) is 5.37. The average Bonchev–Trinajstić information content (AvgIpc) is 3.47. The Bertz CT molecular complexity index is 848. The summed E-state index contributed by atoms with van der Waals surface area (Å²) >= 11 is 1.76. The Morgan fingerprint density at radius 1 is 1.16 bits per heavy atom. The molecule has 2 aromatic heterocycles. The number of nitrogens with zero attached hydrogens (tertiary/aromatic N) is 4. The molecule has 4 rings (SSSR count). The van der Waals surface area contributed by atoms with Crippen LogP contribution in [-0.2, 0) is 4.79 Å². The van der Waals surface area contributed by atoms with Crippen molar-refractivity contribution in [1.82, 2.24) is 25.0 Å². The van der Waals surface area contributed by atoms with E-state index in [9.17, 15) is 4.79 Å². The van der Waals surface area contributed by atoms with Crippen LogP contribution in [-0.4, -0.2) is 45.2 Å². The van der Waals surface area contributed by atoms with Crippen molar-refractivity contribution in [3.63, 3.8) is 0 Å². The first-order chi connectivity index (χ1) is 15.5. The maximum atomic E-state index is 12.9. The van der Waals surface area contributed by atoms with Crippen LogP contribution < -0.4 is 5.32 Å². The molecule has 32 heavy (non-hydrogen) atoms. The van der Waals surface area contributed by atoms with Crippen LogP contribution >= 0.6 is 11.3 Å². The van der Waals surface area contributed by atoms with Crippen molar-refractivity contribution in [2.24, 2.45) is 5.92 Å². The Kier molecular flexibility index (Phi) is 8.00. The highest BCUT2D eigenvalue weighted by Crippen LogP contribution is 2.30. The first kappa shape index (κ1) is 23.4. The molecule has 1 aliphatic carbocycles. The van der Waals surface area contributed by atoms with E-state index in [1.807, 2.05) is 0 Å². The molecule has 1 N–H and O–H groups in total. The van der Waals surface area contributed by atoms with Gasteiger partial charge in [0.25, 0.3) is 0 Å². The van der Waals surface area contributed by atoms with E-state index in [0.717, 1.165) is 63.4 Å². The van der Waals surface area contributed by atoms with Crippen LogP contribution in [0, 0.1) is 12.8 Å². The zero-order chi connectivity index (χ0) is 22.5. The topological polar surface area (TPSA) is 63.1 Å². The molecule has 6 nitrogen and oxygen atoms in total. The zero-order valence-corrected chi connectivity index (χ0v) is 20.7. The molecule has 176 valence electrons. The molecule has 1 atom stereocenters. The van der Waals surface area contributed by atoms with Crippen LogP contribution in [0.4, 0.5) is 0 Å². The molecule has 2 fully saturated rings. The van der Waals surface area contributed by atoms with Crippen molar-refractivity contribution >= 4 is 17.2 Å². The summed E-state index contributed by atoms with van der Waals surface area (Å²) in [4.78, 5) is 16.8. The van der Waals surface area contributed by atoms with Gasteiger partial charge in [-0.3, -0.25) is 4.79 Å². The highest BCUT2D eigenvalue weighted by molar-refractivity contribution is 7.10. The Balaban J connectivity index is 1.31. The minimum absolute atomic E-state index is 0.134. The molecule has 0 radical (unpaired) electrons. The summed E-state index contributed by atoms with van der Waals surface area (Å²) in [5.74, 6) is 3.03. The number of hydrogen-bond donors (Lipinski definition) is 1. The number of aromatic nitrogens is 3. The molecule has 1 saturated carbocycles. The second-order valence-electron chi connectivity index (χ2n) is 9.90. The second kappa shape index (κ2) is 10.9. The van der Waals surface area contributed by atoms with Gasteiger partial charge in [-0.2, -0.15) is 0 Å². The van der Waals surface area contributed by atoms with Gasteiger partial charge in [0.15, 0.2) is 0 Å². The monoisotopic (exact) mass is 457 g/mol. The number of rotatable bonds is 8. The molecule has 1 amide bonds. The van der Waals surface area contributed by atoms with Crippen molar-refractivity contribution in [2.75, 3.05) is 19.6 Å². The molecule has 1 unspecified atom stereocenters. The van der Waals surface area contributed by atoms with Crippen LogP contribution in [0.15, 0.2) is 17.5 Å². The number of nitrogens with one attached hydrogen (secondary N) is 1. The summed E-state index contributed by atoms with van der Waals surface area (Å²) in [6.07, 6.45) is 9.03. The van der Waals surface area contributed by atoms with Crippen molar-refractivity contribution in [1.29, 1.82) is 0 Å². The SMILES string of the molecule is Cc1nnc(C(C)C)n1C1CCN(CCC(NC(=O)C2CCCCC2)c2cccs2)CC1. The Morgan fingerprint density at radius 2 is 1.91 bits per heavy atom. The van der Waals surface area contributed by atoms with Crippen molar-refractivity contribution in [3.05, 3.63) is 34.0 Å². The summed E-state index contributed by atoms with van der Waals surface area (Å²) in [6.45, 7) is 9.67. The van der Waals surface area contributed by atoms with Crippen LogP contribution in [0.3, 0.4) is 0 Å². The highest BCUT2D eigenvalue weighted by atomic mass is 32.1. The number of carbonyl (C=O) groups is 1. The number of aryl methyl sites for hydroxylation is 1. The van der Waals surface area contributed by atoms with Gasteiger partial charge < -0.3 is 14.8 Å². The number of piperidine rings is 1. The smallest absolute Gasteiger partial charge is 0.223 e.